The largest absolute Gasteiger partial charge is 0.375 e. The molecule has 1 atom stereocenters. The molecular formula is C11H18N2O3S. The molecule has 0 aromatic rings. The Morgan fingerprint density at radius 2 is 2.35 bits per heavy atom. The number of nitrogens with zero attached hydrogens (tertiary/aromatic N) is 2. The van der Waals surface area contributed by atoms with E-state index in [1.807, 2.05) is 11.8 Å². The summed E-state index contributed by atoms with van der Waals surface area (Å²) >= 11 is 1.34. The van der Waals surface area contributed by atoms with Crippen LogP contribution in [0.5, 0.6) is 0 Å². The molecule has 0 spiro atoms. The summed E-state index contributed by atoms with van der Waals surface area (Å²) in [5, 5.41) is 0.105. The minimum absolute atomic E-state index is 0.105. The van der Waals surface area contributed by atoms with E-state index in [4.69, 9.17) is 4.74 Å². The summed E-state index contributed by atoms with van der Waals surface area (Å²) in [6.07, 6.45) is 0.552. The van der Waals surface area contributed by atoms with Gasteiger partial charge in [0, 0.05) is 38.4 Å². The molecule has 5 nitrogen and oxygen atoms in total. The lowest BCUT2D eigenvalue weighted by molar-refractivity contribution is -0.138. The third kappa shape index (κ3) is 3.35. The van der Waals surface area contributed by atoms with Crippen molar-refractivity contribution in [3.05, 3.63) is 0 Å². The fourth-order valence-electron chi connectivity index (χ4n) is 2.06. The van der Waals surface area contributed by atoms with Gasteiger partial charge in [-0.05, 0) is 6.92 Å². The Morgan fingerprint density at radius 3 is 3.00 bits per heavy atom. The number of ether oxygens (including phenoxy) is 1. The Labute approximate surface area is 105 Å². The first-order valence-corrected chi connectivity index (χ1v) is 6.96. The van der Waals surface area contributed by atoms with Crippen LogP contribution >= 0.6 is 11.8 Å². The molecule has 0 aromatic heterocycles. The zero-order valence-electron chi connectivity index (χ0n) is 10.1. The standard InChI is InChI=1S/C11H18N2O3S/c1-9-8-13(4-6-16-9)10(14)2-3-12-5-7-17-11(12)15/h9H,2-8H2,1H3. The Kier molecular flexibility index (Phi) is 4.28. The van der Waals surface area contributed by atoms with Crippen molar-refractivity contribution in [3.63, 3.8) is 0 Å². The number of rotatable bonds is 3. The molecule has 0 N–H and O–H groups in total. The van der Waals surface area contributed by atoms with Gasteiger partial charge in [0.05, 0.1) is 12.7 Å². The quantitative estimate of drug-likeness (QED) is 0.751. The van der Waals surface area contributed by atoms with Crippen LogP contribution in [0.1, 0.15) is 13.3 Å². The van der Waals surface area contributed by atoms with Crippen LogP contribution in [0, 0.1) is 0 Å². The van der Waals surface area contributed by atoms with Crippen molar-refractivity contribution in [2.75, 3.05) is 38.5 Å². The molecule has 2 rings (SSSR count). The first-order chi connectivity index (χ1) is 8.16. The Balaban J connectivity index is 1.74. The van der Waals surface area contributed by atoms with Crippen molar-refractivity contribution in [1.29, 1.82) is 0 Å². The van der Waals surface area contributed by atoms with Crippen molar-refractivity contribution in [3.8, 4) is 0 Å². The van der Waals surface area contributed by atoms with Crippen LogP contribution in [-0.4, -0.2) is 65.6 Å². The molecule has 2 amide bonds. The van der Waals surface area contributed by atoms with Gasteiger partial charge in [-0.25, -0.2) is 0 Å². The van der Waals surface area contributed by atoms with Gasteiger partial charge in [-0.2, -0.15) is 0 Å². The molecule has 0 aromatic carbocycles. The third-order valence-electron chi connectivity index (χ3n) is 3.03. The second-order valence-electron chi connectivity index (χ2n) is 4.37. The summed E-state index contributed by atoms with van der Waals surface area (Å²) < 4.78 is 5.39. The highest BCUT2D eigenvalue weighted by molar-refractivity contribution is 8.13. The monoisotopic (exact) mass is 258 g/mol. The van der Waals surface area contributed by atoms with Gasteiger partial charge in [-0.3, -0.25) is 9.59 Å². The molecule has 96 valence electrons. The van der Waals surface area contributed by atoms with E-state index >= 15 is 0 Å². The van der Waals surface area contributed by atoms with E-state index in [-0.39, 0.29) is 17.3 Å². The van der Waals surface area contributed by atoms with Crippen LogP contribution in [0.2, 0.25) is 0 Å². The first kappa shape index (κ1) is 12.7. The van der Waals surface area contributed by atoms with E-state index in [1.54, 1.807) is 4.90 Å². The van der Waals surface area contributed by atoms with Crippen LogP contribution in [0.15, 0.2) is 0 Å². The number of hydrogen-bond donors (Lipinski definition) is 0. The van der Waals surface area contributed by atoms with E-state index < -0.39 is 0 Å². The number of hydrogen-bond acceptors (Lipinski definition) is 4. The maximum atomic E-state index is 11.9. The summed E-state index contributed by atoms with van der Waals surface area (Å²) in [5.41, 5.74) is 0. The van der Waals surface area contributed by atoms with Crippen LogP contribution < -0.4 is 0 Å². The fraction of sp³-hybridized carbons (Fsp3) is 0.818. The summed E-state index contributed by atoms with van der Waals surface area (Å²) in [6, 6.07) is 0. The lowest BCUT2D eigenvalue weighted by Gasteiger charge is -2.31. The zero-order valence-corrected chi connectivity index (χ0v) is 10.9. The van der Waals surface area contributed by atoms with E-state index in [2.05, 4.69) is 0 Å². The number of thioether (sulfide) groups is 1. The second-order valence-corrected chi connectivity index (χ2v) is 5.42. The smallest absolute Gasteiger partial charge is 0.281 e. The van der Waals surface area contributed by atoms with Crippen LogP contribution in [0.4, 0.5) is 4.79 Å². The highest BCUT2D eigenvalue weighted by Crippen LogP contribution is 2.17. The third-order valence-corrected chi connectivity index (χ3v) is 3.93. The van der Waals surface area contributed by atoms with Gasteiger partial charge < -0.3 is 14.5 Å². The average molecular weight is 258 g/mol. The Hall–Kier alpha value is -0.750. The van der Waals surface area contributed by atoms with Gasteiger partial charge in [0.15, 0.2) is 0 Å². The molecule has 2 heterocycles. The summed E-state index contributed by atoms with van der Waals surface area (Å²) in [5.74, 6) is 0.978. The predicted octanol–water partition coefficient (Wildman–Crippen LogP) is 0.793. The van der Waals surface area contributed by atoms with Crippen LogP contribution in [0.25, 0.3) is 0 Å². The van der Waals surface area contributed by atoms with E-state index in [0.717, 1.165) is 12.3 Å². The van der Waals surface area contributed by atoms with Crippen molar-refractivity contribution >= 4 is 22.9 Å². The molecule has 0 radical (unpaired) electrons. The number of carbonyl (C=O) groups excluding carboxylic acids is 2. The highest BCUT2D eigenvalue weighted by Gasteiger charge is 2.24. The van der Waals surface area contributed by atoms with Crippen molar-refractivity contribution in [1.82, 2.24) is 9.80 Å². The highest BCUT2D eigenvalue weighted by atomic mass is 32.2. The lowest BCUT2D eigenvalue weighted by atomic mass is 10.2. The van der Waals surface area contributed by atoms with Crippen molar-refractivity contribution in [2.45, 2.75) is 19.4 Å². The van der Waals surface area contributed by atoms with E-state index in [0.29, 0.717) is 32.7 Å². The van der Waals surface area contributed by atoms with E-state index in [1.165, 1.54) is 11.8 Å². The molecule has 0 bridgehead atoms. The molecule has 2 aliphatic rings. The Bertz CT molecular complexity index is 311. The van der Waals surface area contributed by atoms with Crippen molar-refractivity contribution < 1.29 is 14.3 Å². The topological polar surface area (TPSA) is 49.9 Å². The number of carbonyl (C=O) groups is 2. The molecule has 1 unspecified atom stereocenters. The second kappa shape index (κ2) is 5.73. The van der Waals surface area contributed by atoms with Gasteiger partial charge in [0.2, 0.25) is 5.91 Å². The maximum Gasteiger partial charge on any atom is 0.281 e. The maximum absolute atomic E-state index is 11.9. The van der Waals surface area contributed by atoms with Crippen molar-refractivity contribution in [2.24, 2.45) is 0 Å². The minimum Gasteiger partial charge on any atom is -0.375 e. The van der Waals surface area contributed by atoms with Crippen LogP contribution in [0.3, 0.4) is 0 Å². The number of morpholine rings is 1. The van der Waals surface area contributed by atoms with E-state index in [9.17, 15) is 9.59 Å². The Morgan fingerprint density at radius 1 is 1.53 bits per heavy atom. The summed E-state index contributed by atoms with van der Waals surface area (Å²) in [7, 11) is 0. The molecule has 2 saturated heterocycles. The minimum atomic E-state index is 0.105. The molecule has 0 saturated carbocycles. The molecule has 2 fully saturated rings. The summed E-state index contributed by atoms with van der Waals surface area (Å²) in [4.78, 5) is 26.9. The van der Waals surface area contributed by atoms with Gasteiger partial charge in [-0.1, -0.05) is 11.8 Å². The normalized spacial score (nSPS) is 25.5. The molecule has 17 heavy (non-hydrogen) atoms. The summed E-state index contributed by atoms with van der Waals surface area (Å²) in [6.45, 7) is 5.26. The average Bonchev–Trinajstić information content (AvgIpc) is 2.72. The van der Waals surface area contributed by atoms with Gasteiger partial charge >= 0.3 is 0 Å². The first-order valence-electron chi connectivity index (χ1n) is 5.98. The SMILES string of the molecule is CC1CN(C(=O)CCN2CCSC2=O)CCO1. The molecular weight excluding hydrogens is 240 g/mol. The zero-order chi connectivity index (χ0) is 12.3. The fourth-order valence-corrected chi connectivity index (χ4v) is 2.91. The molecule has 2 aliphatic heterocycles. The molecule has 6 heteroatoms. The molecule has 0 aliphatic carbocycles. The van der Waals surface area contributed by atoms with Gasteiger partial charge in [0.25, 0.3) is 5.24 Å². The lowest BCUT2D eigenvalue weighted by Crippen LogP contribution is -2.45. The van der Waals surface area contributed by atoms with Gasteiger partial charge in [0.1, 0.15) is 0 Å². The predicted molar refractivity (Wildman–Crippen MR) is 66.0 cm³/mol. The van der Waals surface area contributed by atoms with Gasteiger partial charge in [-0.15, -0.1) is 0 Å². The number of amides is 2. The van der Waals surface area contributed by atoms with Crippen LogP contribution in [-0.2, 0) is 9.53 Å².